The predicted octanol–water partition coefficient (Wildman–Crippen LogP) is 5.22. The molecule has 23 heavy (non-hydrogen) atoms. The highest BCUT2D eigenvalue weighted by Gasteiger charge is 2.34. The van der Waals surface area contributed by atoms with E-state index in [2.05, 4.69) is 5.32 Å². The fraction of sp³-hybridized carbons (Fsp3) is 0.133. The van der Waals surface area contributed by atoms with E-state index < -0.39 is 17.6 Å². The standard InChI is InChI=1S/C15H10ClF3INO2/c1-23-13-5-2-8(6-11(13)16)14(22)21-12-4-3-9(20)7-10(12)15(17,18)19/h2-7H,1H3,(H,21,22). The van der Waals surface area contributed by atoms with Gasteiger partial charge in [-0.2, -0.15) is 13.2 Å². The summed E-state index contributed by atoms with van der Waals surface area (Å²) in [5.41, 5.74) is -1.09. The maximum absolute atomic E-state index is 13.1. The van der Waals surface area contributed by atoms with Crippen LogP contribution in [0.1, 0.15) is 15.9 Å². The zero-order valence-electron chi connectivity index (χ0n) is 11.7. The van der Waals surface area contributed by atoms with E-state index in [4.69, 9.17) is 16.3 Å². The van der Waals surface area contributed by atoms with E-state index in [0.717, 1.165) is 6.07 Å². The first-order valence-corrected chi connectivity index (χ1v) is 7.69. The molecule has 2 aromatic carbocycles. The molecule has 0 aromatic heterocycles. The number of carbonyl (C=O) groups excluding carboxylic acids is 1. The number of hydrogen-bond donors (Lipinski definition) is 1. The molecule has 0 fully saturated rings. The first kappa shape index (κ1) is 17.9. The molecule has 0 aliphatic rings. The molecule has 2 aromatic rings. The summed E-state index contributed by atoms with van der Waals surface area (Å²) in [5, 5.41) is 2.46. The number of rotatable bonds is 3. The topological polar surface area (TPSA) is 38.3 Å². The van der Waals surface area contributed by atoms with E-state index in [1.54, 1.807) is 22.6 Å². The van der Waals surface area contributed by atoms with Crippen molar-refractivity contribution in [3.05, 3.63) is 56.1 Å². The molecule has 0 aliphatic heterocycles. The summed E-state index contributed by atoms with van der Waals surface area (Å²) in [4.78, 5) is 12.2. The van der Waals surface area contributed by atoms with Crippen LogP contribution in [-0.4, -0.2) is 13.0 Å². The Morgan fingerprint density at radius 2 is 1.91 bits per heavy atom. The molecule has 0 saturated heterocycles. The molecule has 0 unspecified atom stereocenters. The molecule has 1 amide bonds. The number of amides is 1. The molecule has 0 heterocycles. The molecule has 3 nitrogen and oxygen atoms in total. The molecule has 0 aliphatic carbocycles. The highest BCUT2D eigenvalue weighted by Crippen LogP contribution is 2.36. The van der Waals surface area contributed by atoms with Crippen molar-refractivity contribution in [2.24, 2.45) is 0 Å². The van der Waals surface area contributed by atoms with Crippen molar-refractivity contribution in [2.75, 3.05) is 12.4 Å². The summed E-state index contributed by atoms with van der Waals surface area (Å²) >= 11 is 7.69. The molecule has 0 spiro atoms. The number of benzene rings is 2. The molecule has 0 saturated carbocycles. The second-order valence-corrected chi connectivity index (χ2v) is 6.14. The summed E-state index contributed by atoms with van der Waals surface area (Å²) in [7, 11) is 1.42. The van der Waals surface area contributed by atoms with Gasteiger partial charge in [-0.15, -0.1) is 0 Å². The average molecular weight is 456 g/mol. The number of ether oxygens (including phenoxy) is 1. The molecule has 1 N–H and O–H groups in total. The lowest BCUT2D eigenvalue weighted by atomic mass is 10.1. The van der Waals surface area contributed by atoms with E-state index >= 15 is 0 Å². The normalized spacial score (nSPS) is 11.2. The molecule has 122 valence electrons. The maximum atomic E-state index is 13.1. The number of halogens is 5. The van der Waals surface area contributed by atoms with Gasteiger partial charge in [0.25, 0.3) is 5.91 Å². The average Bonchev–Trinajstić information content (AvgIpc) is 2.47. The Morgan fingerprint density at radius 1 is 1.22 bits per heavy atom. The van der Waals surface area contributed by atoms with Gasteiger partial charge in [-0.3, -0.25) is 4.79 Å². The van der Waals surface area contributed by atoms with Gasteiger partial charge in [0.05, 0.1) is 23.4 Å². The number of alkyl halides is 3. The second kappa shape index (κ2) is 6.96. The Hall–Kier alpha value is -1.48. The Kier molecular flexibility index (Phi) is 5.41. The highest BCUT2D eigenvalue weighted by atomic mass is 127. The van der Waals surface area contributed by atoms with Gasteiger partial charge in [0.15, 0.2) is 0 Å². The number of nitrogens with one attached hydrogen (secondary N) is 1. The van der Waals surface area contributed by atoms with Gasteiger partial charge >= 0.3 is 6.18 Å². The van der Waals surface area contributed by atoms with E-state index in [1.165, 1.54) is 37.4 Å². The largest absolute Gasteiger partial charge is 0.495 e. The van der Waals surface area contributed by atoms with Crippen LogP contribution < -0.4 is 10.1 Å². The van der Waals surface area contributed by atoms with Crippen LogP contribution in [0, 0.1) is 3.57 Å². The summed E-state index contributed by atoms with van der Waals surface area (Å²) in [6.45, 7) is 0. The summed E-state index contributed by atoms with van der Waals surface area (Å²) < 4.78 is 44.5. The summed E-state index contributed by atoms with van der Waals surface area (Å²) in [5.74, 6) is -0.324. The van der Waals surface area contributed by atoms with Crippen molar-refractivity contribution in [2.45, 2.75) is 6.18 Å². The minimum Gasteiger partial charge on any atom is -0.495 e. The number of methoxy groups -OCH3 is 1. The van der Waals surface area contributed by atoms with Crippen LogP contribution >= 0.6 is 34.2 Å². The van der Waals surface area contributed by atoms with Gasteiger partial charge in [0.1, 0.15) is 5.75 Å². The Bertz CT molecular complexity index is 750. The van der Waals surface area contributed by atoms with Crippen LogP contribution in [0.5, 0.6) is 5.75 Å². The molecule has 0 bridgehead atoms. The van der Waals surface area contributed by atoms with Crippen LogP contribution in [0.4, 0.5) is 18.9 Å². The van der Waals surface area contributed by atoms with Crippen LogP contribution in [-0.2, 0) is 6.18 Å². The smallest absolute Gasteiger partial charge is 0.418 e. The van der Waals surface area contributed by atoms with Crippen molar-refractivity contribution in [3.63, 3.8) is 0 Å². The SMILES string of the molecule is COc1ccc(C(=O)Nc2ccc(I)cc2C(F)(F)F)cc1Cl. The minimum atomic E-state index is -4.57. The van der Waals surface area contributed by atoms with Crippen molar-refractivity contribution in [1.82, 2.24) is 0 Å². The predicted molar refractivity (Wildman–Crippen MR) is 90.1 cm³/mol. The Morgan fingerprint density at radius 3 is 2.48 bits per heavy atom. The molecule has 0 atom stereocenters. The fourth-order valence-corrected chi connectivity index (χ4v) is 2.61. The number of anilines is 1. The van der Waals surface area contributed by atoms with Crippen molar-refractivity contribution < 1.29 is 22.7 Å². The van der Waals surface area contributed by atoms with Crippen molar-refractivity contribution >= 4 is 45.8 Å². The zero-order valence-corrected chi connectivity index (χ0v) is 14.6. The van der Waals surface area contributed by atoms with Crippen LogP contribution in [0.2, 0.25) is 5.02 Å². The van der Waals surface area contributed by atoms with Crippen LogP contribution in [0.25, 0.3) is 0 Å². The van der Waals surface area contributed by atoms with Gasteiger partial charge < -0.3 is 10.1 Å². The van der Waals surface area contributed by atoms with Gasteiger partial charge in [-0.25, -0.2) is 0 Å². The van der Waals surface area contributed by atoms with Crippen molar-refractivity contribution in [1.29, 1.82) is 0 Å². The molecular weight excluding hydrogens is 446 g/mol. The Balaban J connectivity index is 2.32. The minimum absolute atomic E-state index is 0.127. The van der Waals surface area contributed by atoms with E-state index in [0.29, 0.717) is 9.32 Å². The zero-order chi connectivity index (χ0) is 17.2. The summed E-state index contributed by atoms with van der Waals surface area (Å²) in [6, 6.07) is 7.88. The third-order valence-electron chi connectivity index (χ3n) is 2.95. The van der Waals surface area contributed by atoms with Gasteiger partial charge in [0.2, 0.25) is 0 Å². The number of hydrogen-bond acceptors (Lipinski definition) is 2. The highest BCUT2D eigenvalue weighted by molar-refractivity contribution is 14.1. The number of carbonyl (C=O) groups is 1. The lowest BCUT2D eigenvalue weighted by molar-refractivity contribution is -0.137. The van der Waals surface area contributed by atoms with Crippen LogP contribution in [0.15, 0.2) is 36.4 Å². The third kappa shape index (κ3) is 4.29. The second-order valence-electron chi connectivity index (χ2n) is 4.49. The quantitative estimate of drug-likeness (QED) is 0.644. The Labute approximate surface area is 148 Å². The third-order valence-corrected chi connectivity index (χ3v) is 3.92. The first-order chi connectivity index (χ1) is 10.7. The van der Waals surface area contributed by atoms with Crippen LogP contribution in [0.3, 0.4) is 0 Å². The van der Waals surface area contributed by atoms with E-state index in [9.17, 15) is 18.0 Å². The van der Waals surface area contributed by atoms with E-state index in [-0.39, 0.29) is 16.3 Å². The van der Waals surface area contributed by atoms with E-state index in [1.807, 2.05) is 0 Å². The fourth-order valence-electron chi connectivity index (χ4n) is 1.86. The van der Waals surface area contributed by atoms with Gasteiger partial charge in [-0.1, -0.05) is 11.6 Å². The monoisotopic (exact) mass is 455 g/mol. The van der Waals surface area contributed by atoms with Gasteiger partial charge in [0, 0.05) is 9.13 Å². The molecular formula is C15H10ClF3INO2. The first-order valence-electron chi connectivity index (χ1n) is 6.24. The van der Waals surface area contributed by atoms with Gasteiger partial charge in [-0.05, 0) is 59.0 Å². The molecule has 8 heteroatoms. The summed E-state index contributed by atoms with van der Waals surface area (Å²) in [6.07, 6.45) is -4.57. The maximum Gasteiger partial charge on any atom is 0.418 e. The lowest BCUT2D eigenvalue weighted by Crippen LogP contribution is -2.17. The molecule has 2 rings (SSSR count). The molecule has 0 radical (unpaired) electrons. The lowest BCUT2D eigenvalue weighted by Gasteiger charge is -2.14. The van der Waals surface area contributed by atoms with Crippen molar-refractivity contribution in [3.8, 4) is 5.75 Å².